The van der Waals surface area contributed by atoms with Crippen molar-refractivity contribution >= 4 is 28.2 Å². The van der Waals surface area contributed by atoms with Crippen molar-refractivity contribution < 1.29 is 9.90 Å². The van der Waals surface area contributed by atoms with Crippen LogP contribution in [-0.4, -0.2) is 29.7 Å². The van der Waals surface area contributed by atoms with Gasteiger partial charge in [0.25, 0.3) is 11.5 Å². The first-order valence-electron chi connectivity index (χ1n) is 7.80. The van der Waals surface area contributed by atoms with Crippen LogP contribution in [0, 0.1) is 0 Å². The predicted octanol–water partition coefficient (Wildman–Crippen LogP) is 2.56. The number of carbonyl (C=O) groups excluding carboxylic acids is 1. The first-order chi connectivity index (χ1) is 11.9. The molecule has 0 aliphatic carbocycles. The largest absolute Gasteiger partial charge is 0.506 e. The van der Waals surface area contributed by atoms with Gasteiger partial charge in [0.15, 0.2) is 0 Å². The second-order valence-electron chi connectivity index (χ2n) is 5.97. The first kappa shape index (κ1) is 16.6. The summed E-state index contributed by atoms with van der Waals surface area (Å²) >= 11 is 0. The highest BCUT2D eigenvalue weighted by Crippen LogP contribution is 2.28. The topological polar surface area (TPSA) is 74.6 Å². The highest BCUT2D eigenvalue weighted by molar-refractivity contribution is 6.10. The van der Waals surface area contributed by atoms with Gasteiger partial charge in [-0.05, 0) is 24.3 Å². The Hall–Kier alpha value is -3.28. The molecule has 1 amide bonds. The molecule has 1 aromatic heterocycles. The van der Waals surface area contributed by atoms with Crippen molar-refractivity contribution in [1.82, 2.24) is 4.57 Å². The molecule has 0 fully saturated rings. The summed E-state index contributed by atoms with van der Waals surface area (Å²) in [6.07, 6.45) is 0. The molecule has 1 heterocycles. The summed E-state index contributed by atoms with van der Waals surface area (Å²) in [5.74, 6) is -0.948. The maximum atomic E-state index is 12.7. The van der Waals surface area contributed by atoms with Crippen LogP contribution in [0.15, 0.2) is 53.3 Å². The van der Waals surface area contributed by atoms with Crippen LogP contribution in [0.2, 0.25) is 0 Å². The zero-order valence-electron chi connectivity index (χ0n) is 14.3. The Morgan fingerprint density at radius 3 is 2.44 bits per heavy atom. The van der Waals surface area contributed by atoms with E-state index in [1.807, 2.05) is 31.1 Å². The molecule has 0 saturated carbocycles. The van der Waals surface area contributed by atoms with E-state index in [1.54, 1.807) is 43.4 Å². The van der Waals surface area contributed by atoms with Crippen molar-refractivity contribution in [3.8, 4) is 5.75 Å². The Morgan fingerprint density at radius 1 is 1.08 bits per heavy atom. The van der Waals surface area contributed by atoms with Gasteiger partial charge in [-0.25, -0.2) is 0 Å². The summed E-state index contributed by atoms with van der Waals surface area (Å²) < 4.78 is 1.36. The molecule has 128 valence electrons. The Morgan fingerprint density at radius 2 is 1.72 bits per heavy atom. The lowest BCUT2D eigenvalue weighted by atomic mass is 10.1. The molecule has 0 radical (unpaired) electrons. The summed E-state index contributed by atoms with van der Waals surface area (Å²) in [5.41, 5.74) is 1.11. The number of hydrogen-bond acceptors (Lipinski definition) is 4. The molecule has 0 unspecified atom stereocenters. The third kappa shape index (κ3) is 2.82. The number of amides is 1. The number of aromatic hydroxyl groups is 1. The van der Waals surface area contributed by atoms with E-state index in [9.17, 15) is 14.7 Å². The van der Waals surface area contributed by atoms with Gasteiger partial charge >= 0.3 is 0 Å². The minimum Gasteiger partial charge on any atom is -0.506 e. The van der Waals surface area contributed by atoms with E-state index in [1.165, 1.54) is 4.57 Å². The molecule has 6 heteroatoms. The fourth-order valence-corrected chi connectivity index (χ4v) is 2.84. The summed E-state index contributed by atoms with van der Waals surface area (Å²) in [5, 5.41) is 13.7. The Bertz CT molecular complexity index is 1020. The number of anilines is 2. The van der Waals surface area contributed by atoms with Crippen LogP contribution in [-0.2, 0) is 7.05 Å². The van der Waals surface area contributed by atoms with E-state index >= 15 is 0 Å². The lowest BCUT2D eigenvalue weighted by Crippen LogP contribution is -2.28. The van der Waals surface area contributed by atoms with Gasteiger partial charge in [0, 0.05) is 26.5 Å². The smallest absolute Gasteiger partial charge is 0.267 e. The quantitative estimate of drug-likeness (QED) is 0.770. The highest BCUT2D eigenvalue weighted by atomic mass is 16.3. The monoisotopic (exact) mass is 337 g/mol. The first-order valence-corrected chi connectivity index (χ1v) is 7.80. The number of nitrogens with zero attached hydrogens (tertiary/aromatic N) is 2. The Balaban J connectivity index is 2.12. The van der Waals surface area contributed by atoms with Gasteiger partial charge in [-0.15, -0.1) is 0 Å². The van der Waals surface area contributed by atoms with Crippen molar-refractivity contribution in [1.29, 1.82) is 0 Å². The SMILES string of the molecule is CN(C)c1ccccc1NC(=O)c1c(O)c2ccccc2n(C)c1=O. The van der Waals surface area contributed by atoms with E-state index in [-0.39, 0.29) is 11.3 Å². The molecule has 0 bridgehead atoms. The minimum atomic E-state index is -0.641. The maximum absolute atomic E-state index is 12.7. The predicted molar refractivity (Wildman–Crippen MR) is 99.6 cm³/mol. The Labute approximate surface area is 144 Å². The van der Waals surface area contributed by atoms with Gasteiger partial charge in [-0.2, -0.15) is 0 Å². The molecule has 0 saturated heterocycles. The number of hydrogen-bond donors (Lipinski definition) is 2. The third-order valence-electron chi connectivity index (χ3n) is 4.14. The molecule has 3 aromatic rings. The summed E-state index contributed by atoms with van der Waals surface area (Å²) in [4.78, 5) is 27.2. The average Bonchev–Trinajstić information content (AvgIpc) is 2.60. The zero-order chi connectivity index (χ0) is 18.1. The van der Waals surface area contributed by atoms with Gasteiger partial charge in [-0.3, -0.25) is 9.59 Å². The lowest BCUT2D eigenvalue weighted by molar-refractivity contribution is 0.102. The third-order valence-corrected chi connectivity index (χ3v) is 4.14. The molecule has 0 aliphatic rings. The number of benzene rings is 2. The summed E-state index contributed by atoms with van der Waals surface area (Å²) in [7, 11) is 5.30. The number of fused-ring (bicyclic) bond motifs is 1. The zero-order valence-corrected chi connectivity index (χ0v) is 14.3. The van der Waals surface area contributed by atoms with E-state index in [2.05, 4.69) is 5.32 Å². The van der Waals surface area contributed by atoms with Crippen LogP contribution < -0.4 is 15.8 Å². The Kier molecular flexibility index (Phi) is 4.19. The van der Waals surface area contributed by atoms with Crippen molar-refractivity contribution in [2.24, 2.45) is 7.05 Å². The maximum Gasteiger partial charge on any atom is 0.267 e. The van der Waals surface area contributed by atoms with Crippen molar-refractivity contribution in [3.63, 3.8) is 0 Å². The molecule has 0 aliphatic heterocycles. The van der Waals surface area contributed by atoms with Crippen LogP contribution in [0.4, 0.5) is 11.4 Å². The van der Waals surface area contributed by atoms with Gasteiger partial charge in [0.2, 0.25) is 0 Å². The fourth-order valence-electron chi connectivity index (χ4n) is 2.84. The second-order valence-corrected chi connectivity index (χ2v) is 5.97. The molecular formula is C19H19N3O3. The van der Waals surface area contributed by atoms with Crippen LogP contribution in [0.25, 0.3) is 10.9 Å². The molecule has 6 nitrogen and oxygen atoms in total. The van der Waals surface area contributed by atoms with Gasteiger partial charge in [-0.1, -0.05) is 24.3 Å². The summed E-state index contributed by atoms with van der Waals surface area (Å²) in [6, 6.07) is 14.2. The van der Waals surface area contributed by atoms with Gasteiger partial charge in [0.05, 0.1) is 16.9 Å². The van der Waals surface area contributed by atoms with Gasteiger partial charge in [0.1, 0.15) is 11.3 Å². The molecule has 2 N–H and O–H groups in total. The molecule has 3 rings (SSSR count). The number of aromatic nitrogens is 1. The van der Waals surface area contributed by atoms with Crippen molar-refractivity contribution in [2.75, 3.05) is 24.3 Å². The van der Waals surface area contributed by atoms with Crippen molar-refractivity contribution in [3.05, 3.63) is 64.4 Å². The van der Waals surface area contributed by atoms with E-state index in [0.717, 1.165) is 5.69 Å². The number of pyridine rings is 1. The molecule has 0 spiro atoms. The average molecular weight is 337 g/mol. The molecule has 0 atom stereocenters. The normalized spacial score (nSPS) is 10.7. The van der Waals surface area contributed by atoms with E-state index in [4.69, 9.17) is 0 Å². The standard InChI is InChI=1S/C19H19N3O3/c1-21(2)15-11-7-5-9-13(15)20-18(24)16-17(23)12-8-4-6-10-14(12)22(3)19(16)25/h4-11,23H,1-3H3,(H,20,24). The number of aryl methyl sites for hydroxylation is 1. The number of para-hydroxylation sites is 3. The van der Waals surface area contributed by atoms with Crippen molar-refractivity contribution in [2.45, 2.75) is 0 Å². The fraction of sp³-hybridized carbons (Fsp3) is 0.158. The lowest BCUT2D eigenvalue weighted by Gasteiger charge is -2.18. The van der Waals surface area contributed by atoms with Crippen LogP contribution >= 0.6 is 0 Å². The number of rotatable bonds is 3. The van der Waals surface area contributed by atoms with Crippen LogP contribution in [0.1, 0.15) is 10.4 Å². The molecule has 25 heavy (non-hydrogen) atoms. The minimum absolute atomic E-state index is 0.269. The van der Waals surface area contributed by atoms with Crippen LogP contribution in [0.3, 0.4) is 0 Å². The van der Waals surface area contributed by atoms with E-state index in [0.29, 0.717) is 16.6 Å². The number of nitrogens with one attached hydrogen (secondary N) is 1. The van der Waals surface area contributed by atoms with Gasteiger partial charge < -0.3 is 19.9 Å². The number of carbonyl (C=O) groups is 1. The van der Waals surface area contributed by atoms with E-state index < -0.39 is 11.5 Å². The highest BCUT2D eigenvalue weighted by Gasteiger charge is 2.21. The molecular weight excluding hydrogens is 318 g/mol. The molecule has 2 aromatic carbocycles. The second kappa shape index (κ2) is 6.32. The van der Waals surface area contributed by atoms with Crippen LogP contribution in [0.5, 0.6) is 5.75 Å². The summed E-state index contributed by atoms with van der Waals surface area (Å²) in [6.45, 7) is 0.